The minimum atomic E-state index is -0.262. The van der Waals surface area contributed by atoms with E-state index in [0.717, 1.165) is 34.3 Å². The summed E-state index contributed by atoms with van der Waals surface area (Å²) in [6.45, 7) is 0. The van der Waals surface area contributed by atoms with Gasteiger partial charge in [-0.3, -0.25) is 4.79 Å². The number of para-hydroxylation sites is 1. The van der Waals surface area contributed by atoms with Gasteiger partial charge in [0.2, 0.25) is 0 Å². The highest BCUT2D eigenvalue weighted by molar-refractivity contribution is 7.98. The van der Waals surface area contributed by atoms with Crippen molar-refractivity contribution in [1.29, 1.82) is 0 Å². The third-order valence-electron chi connectivity index (χ3n) is 3.53. The molecule has 0 radical (unpaired) electrons. The summed E-state index contributed by atoms with van der Waals surface area (Å²) in [7, 11) is 0. The van der Waals surface area contributed by atoms with Gasteiger partial charge in [0.25, 0.3) is 5.91 Å². The Morgan fingerprint density at radius 1 is 1.18 bits per heavy atom. The molecule has 0 fully saturated rings. The van der Waals surface area contributed by atoms with Crippen LogP contribution in [0.5, 0.6) is 0 Å². The molecule has 5 nitrogen and oxygen atoms in total. The molecule has 0 saturated heterocycles. The van der Waals surface area contributed by atoms with Crippen molar-refractivity contribution in [3.05, 3.63) is 65.7 Å². The number of hydrogen-bond donors (Lipinski definition) is 1. The van der Waals surface area contributed by atoms with Crippen molar-refractivity contribution in [2.45, 2.75) is 11.5 Å². The number of fused-ring (bicyclic) bond motifs is 1. The molecule has 110 valence electrons. The zero-order chi connectivity index (χ0) is 14.9. The number of rotatable bonds is 3. The highest BCUT2D eigenvalue weighted by atomic mass is 32.2. The van der Waals surface area contributed by atoms with E-state index in [0.29, 0.717) is 5.76 Å². The Balaban J connectivity index is 1.76. The molecular weight excluding hydrogens is 298 g/mol. The molecule has 3 heterocycles. The number of nitrogens with one attached hydrogen (secondary N) is 1. The van der Waals surface area contributed by atoms with Gasteiger partial charge in [-0.1, -0.05) is 18.2 Å². The summed E-state index contributed by atoms with van der Waals surface area (Å²) in [5.74, 6) is 2.49. The van der Waals surface area contributed by atoms with Gasteiger partial charge in [0, 0.05) is 17.1 Å². The lowest BCUT2D eigenvalue weighted by atomic mass is 10.2. The van der Waals surface area contributed by atoms with Gasteiger partial charge in [-0.15, -0.1) is 0 Å². The van der Waals surface area contributed by atoms with Crippen molar-refractivity contribution >= 4 is 23.5 Å². The third kappa shape index (κ3) is 2.21. The second-order valence-corrected chi connectivity index (χ2v) is 5.93. The molecule has 1 aliphatic rings. The average Bonchev–Trinajstić information content (AvgIpc) is 3.26. The second-order valence-electron chi connectivity index (χ2n) is 4.95. The number of carbonyl (C=O) groups is 1. The first kappa shape index (κ1) is 13.2. The number of furan rings is 1. The highest BCUT2D eigenvalue weighted by Crippen LogP contribution is 2.36. The number of aromatic nitrogens is 2. The zero-order valence-electron chi connectivity index (χ0n) is 11.7. The van der Waals surface area contributed by atoms with Crippen LogP contribution in [-0.2, 0) is 11.5 Å². The monoisotopic (exact) mass is 311 g/mol. The van der Waals surface area contributed by atoms with Crippen molar-refractivity contribution < 1.29 is 9.21 Å². The van der Waals surface area contributed by atoms with Gasteiger partial charge < -0.3 is 9.73 Å². The first-order valence-corrected chi connectivity index (χ1v) is 8.07. The van der Waals surface area contributed by atoms with Crippen LogP contribution in [-0.4, -0.2) is 15.7 Å². The van der Waals surface area contributed by atoms with E-state index < -0.39 is 0 Å². The molecule has 0 bridgehead atoms. The van der Waals surface area contributed by atoms with Crippen LogP contribution in [0.25, 0.3) is 5.69 Å². The van der Waals surface area contributed by atoms with Gasteiger partial charge >= 0.3 is 0 Å². The molecule has 3 aromatic rings. The van der Waals surface area contributed by atoms with Crippen LogP contribution in [0.2, 0.25) is 0 Å². The Kier molecular flexibility index (Phi) is 3.23. The maximum atomic E-state index is 12.3. The van der Waals surface area contributed by atoms with Gasteiger partial charge in [-0.2, -0.15) is 16.9 Å². The first-order chi connectivity index (χ1) is 10.8. The van der Waals surface area contributed by atoms with E-state index in [4.69, 9.17) is 4.42 Å². The normalized spacial score (nSPS) is 13.1. The minimum Gasteiger partial charge on any atom is -0.459 e. The van der Waals surface area contributed by atoms with Crippen LogP contribution < -0.4 is 5.32 Å². The molecule has 4 rings (SSSR count). The highest BCUT2D eigenvalue weighted by Gasteiger charge is 2.25. The van der Waals surface area contributed by atoms with Crippen molar-refractivity contribution in [3.63, 3.8) is 0 Å². The van der Waals surface area contributed by atoms with Crippen LogP contribution in [0.15, 0.2) is 53.1 Å². The quantitative estimate of drug-likeness (QED) is 0.804. The van der Waals surface area contributed by atoms with Gasteiger partial charge in [0.05, 0.1) is 17.6 Å². The van der Waals surface area contributed by atoms with E-state index in [1.54, 1.807) is 28.6 Å². The van der Waals surface area contributed by atoms with Gasteiger partial charge in [0.1, 0.15) is 5.82 Å². The maximum Gasteiger partial charge on any atom is 0.292 e. The fraction of sp³-hybridized carbons (Fsp3) is 0.125. The number of thioether (sulfide) groups is 1. The van der Waals surface area contributed by atoms with Crippen LogP contribution in [0, 0.1) is 0 Å². The SMILES string of the molecule is O=C(Nc1c2c(nn1-c1ccccc1)CSC2)c1ccco1. The molecule has 1 amide bonds. The number of anilines is 1. The van der Waals surface area contributed by atoms with Gasteiger partial charge in [-0.05, 0) is 24.3 Å². The lowest BCUT2D eigenvalue weighted by molar-refractivity contribution is 0.0996. The summed E-state index contributed by atoms with van der Waals surface area (Å²) >= 11 is 1.80. The Morgan fingerprint density at radius 3 is 2.82 bits per heavy atom. The molecule has 0 unspecified atom stereocenters. The van der Waals surface area contributed by atoms with Gasteiger partial charge in [-0.25, -0.2) is 4.68 Å². The number of nitrogens with zero attached hydrogens (tertiary/aromatic N) is 2. The summed E-state index contributed by atoms with van der Waals surface area (Å²) in [6, 6.07) is 13.1. The average molecular weight is 311 g/mol. The smallest absolute Gasteiger partial charge is 0.292 e. The summed E-state index contributed by atoms with van der Waals surface area (Å²) in [5.41, 5.74) is 3.05. The van der Waals surface area contributed by atoms with Crippen molar-refractivity contribution in [2.75, 3.05) is 5.32 Å². The van der Waals surface area contributed by atoms with Crippen LogP contribution >= 0.6 is 11.8 Å². The molecule has 22 heavy (non-hydrogen) atoms. The van der Waals surface area contributed by atoms with E-state index in [1.807, 2.05) is 30.3 Å². The van der Waals surface area contributed by atoms with E-state index in [-0.39, 0.29) is 5.91 Å². The molecule has 6 heteroatoms. The fourth-order valence-electron chi connectivity index (χ4n) is 2.47. The number of benzene rings is 1. The van der Waals surface area contributed by atoms with Crippen LogP contribution in [0.4, 0.5) is 5.82 Å². The minimum absolute atomic E-state index is 0.262. The summed E-state index contributed by atoms with van der Waals surface area (Å²) in [4.78, 5) is 12.3. The maximum absolute atomic E-state index is 12.3. The topological polar surface area (TPSA) is 60.1 Å². The lowest BCUT2D eigenvalue weighted by Gasteiger charge is -2.10. The second kappa shape index (κ2) is 5.38. The van der Waals surface area contributed by atoms with Crippen molar-refractivity contribution in [2.24, 2.45) is 0 Å². The Bertz CT molecular complexity index is 810. The van der Waals surface area contributed by atoms with E-state index in [9.17, 15) is 4.79 Å². The van der Waals surface area contributed by atoms with Crippen molar-refractivity contribution in [3.8, 4) is 5.69 Å². The lowest BCUT2D eigenvalue weighted by Crippen LogP contribution is -2.15. The molecule has 2 aromatic heterocycles. The fourth-order valence-corrected chi connectivity index (χ4v) is 3.51. The third-order valence-corrected chi connectivity index (χ3v) is 4.50. The van der Waals surface area contributed by atoms with Gasteiger partial charge in [0.15, 0.2) is 5.76 Å². The van der Waals surface area contributed by atoms with E-state index >= 15 is 0 Å². The predicted octanol–water partition coefficient (Wildman–Crippen LogP) is 3.46. The zero-order valence-corrected chi connectivity index (χ0v) is 12.5. The summed E-state index contributed by atoms with van der Waals surface area (Å²) in [6.07, 6.45) is 1.49. The molecule has 1 aromatic carbocycles. The molecule has 0 atom stereocenters. The number of carbonyl (C=O) groups excluding carboxylic acids is 1. The Labute approximate surface area is 131 Å². The molecular formula is C16H13N3O2S. The molecule has 0 saturated carbocycles. The molecule has 0 aliphatic carbocycles. The number of hydrogen-bond acceptors (Lipinski definition) is 4. The number of amides is 1. The largest absolute Gasteiger partial charge is 0.459 e. The van der Waals surface area contributed by atoms with E-state index in [2.05, 4.69) is 10.4 Å². The summed E-state index contributed by atoms with van der Waals surface area (Å²) < 4.78 is 6.96. The van der Waals surface area contributed by atoms with Crippen LogP contribution in [0.1, 0.15) is 21.8 Å². The summed E-state index contributed by atoms with van der Waals surface area (Å²) in [5, 5.41) is 7.59. The molecule has 0 spiro atoms. The molecule has 1 N–H and O–H groups in total. The predicted molar refractivity (Wildman–Crippen MR) is 85.2 cm³/mol. The Hall–Kier alpha value is -2.47. The van der Waals surface area contributed by atoms with E-state index in [1.165, 1.54) is 6.26 Å². The Morgan fingerprint density at radius 2 is 2.05 bits per heavy atom. The first-order valence-electron chi connectivity index (χ1n) is 6.92. The molecule has 1 aliphatic heterocycles. The van der Waals surface area contributed by atoms with Crippen LogP contribution in [0.3, 0.4) is 0 Å². The van der Waals surface area contributed by atoms with Crippen molar-refractivity contribution in [1.82, 2.24) is 9.78 Å². The standard InChI is InChI=1S/C16H13N3O2S/c20-16(14-7-4-8-21-14)17-15-12-9-22-10-13(12)18-19(15)11-5-2-1-3-6-11/h1-8H,9-10H2,(H,17,20).